The monoisotopic (exact) mass is 310 g/mol. The second-order valence-electron chi connectivity index (χ2n) is 7.42. The smallest absolute Gasteiger partial charge is 0.339 e. The largest absolute Gasteiger partial charge is 0.423 e. The van der Waals surface area contributed by atoms with Crippen LogP contribution >= 0.6 is 0 Å². The first-order valence-corrected chi connectivity index (χ1v) is 8.57. The van der Waals surface area contributed by atoms with E-state index in [4.69, 9.17) is 4.74 Å². The number of benzene rings is 1. The molecule has 1 aromatic rings. The zero-order valence-corrected chi connectivity index (χ0v) is 14.7. The number of hydrogen-bond donors (Lipinski definition) is 0. The van der Waals surface area contributed by atoms with Gasteiger partial charge < -0.3 is 4.74 Å². The second-order valence-corrected chi connectivity index (χ2v) is 7.42. The molecule has 3 atom stereocenters. The average Bonchev–Trinajstić information content (AvgIpc) is 2.50. The van der Waals surface area contributed by atoms with Crippen molar-refractivity contribution in [3.63, 3.8) is 0 Å². The van der Waals surface area contributed by atoms with Gasteiger partial charge >= 0.3 is 5.97 Å². The summed E-state index contributed by atoms with van der Waals surface area (Å²) in [6.07, 6.45) is 5.60. The molecule has 0 heterocycles. The number of esters is 1. The zero-order chi connectivity index (χ0) is 16.7. The molecule has 0 spiro atoms. The van der Waals surface area contributed by atoms with Gasteiger partial charge in [-0.3, -0.25) is 0 Å². The van der Waals surface area contributed by atoms with Gasteiger partial charge in [0.15, 0.2) is 0 Å². The Morgan fingerprint density at radius 3 is 2.35 bits per heavy atom. The first kappa shape index (κ1) is 16.0. The summed E-state index contributed by atoms with van der Waals surface area (Å²) in [6, 6.07) is 5.96. The van der Waals surface area contributed by atoms with Gasteiger partial charge in [-0.1, -0.05) is 49.8 Å². The van der Waals surface area contributed by atoms with Gasteiger partial charge in [0.1, 0.15) is 5.75 Å². The Hall–Kier alpha value is -1.83. The fraction of sp³-hybridized carbons (Fsp3) is 0.476. The maximum Gasteiger partial charge on any atom is 0.339 e. The molecule has 0 aliphatic heterocycles. The summed E-state index contributed by atoms with van der Waals surface area (Å²) in [6.45, 7) is 10.7. The Balaban J connectivity index is 1.87. The molecule has 2 bridgehead atoms. The van der Waals surface area contributed by atoms with Gasteiger partial charge in [0.25, 0.3) is 0 Å². The van der Waals surface area contributed by atoms with Crippen LogP contribution < -0.4 is 4.74 Å². The van der Waals surface area contributed by atoms with Crippen molar-refractivity contribution < 1.29 is 9.53 Å². The molecule has 0 amide bonds. The van der Waals surface area contributed by atoms with E-state index < -0.39 is 0 Å². The molecule has 0 saturated heterocycles. The van der Waals surface area contributed by atoms with Crippen LogP contribution in [0.1, 0.15) is 38.3 Å². The molecule has 2 nitrogen and oxygen atoms in total. The number of aryl methyl sites for hydroxylation is 2. The highest BCUT2D eigenvalue weighted by Crippen LogP contribution is 2.46. The Labute approximate surface area is 139 Å². The van der Waals surface area contributed by atoms with E-state index in [1.807, 2.05) is 32.0 Å². The third-order valence-corrected chi connectivity index (χ3v) is 5.45. The van der Waals surface area contributed by atoms with E-state index >= 15 is 0 Å². The minimum atomic E-state index is -0.175. The van der Waals surface area contributed by atoms with E-state index in [2.05, 4.69) is 32.9 Å². The number of carbonyl (C=O) groups is 1. The van der Waals surface area contributed by atoms with Crippen LogP contribution in [-0.4, -0.2) is 5.97 Å². The molecule has 0 saturated carbocycles. The number of fused-ring (bicyclic) bond motifs is 1. The summed E-state index contributed by atoms with van der Waals surface area (Å²) < 4.78 is 5.79. The highest BCUT2D eigenvalue weighted by molar-refractivity contribution is 5.92. The molecule has 23 heavy (non-hydrogen) atoms. The number of ether oxygens (including phenoxy) is 1. The summed E-state index contributed by atoms with van der Waals surface area (Å²) in [7, 11) is 0. The molecule has 1 aromatic carbocycles. The van der Waals surface area contributed by atoms with E-state index in [-0.39, 0.29) is 11.9 Å². The summed E-state index contributed by atoms with van der Waals surface area (Å²) >= 11 is 0. The standard InChI is InChI=1S/C21H26O2/c1-12(2)17-10-16-11-19(18(17)9-15(16)5)21(22)23-20-13(3)7-6-8-14(20)4/h6-9,11-12,16-18H,10H2,1-5H3/t16?,17-,18?/m1/s1. The molecule has 3 aliphatic carbocycles. The molecule has 122 valence electrons. The summed E-state index contributed by atoms with van der Waals surface area (Å²) in [5.74, 6) is 2.25. The molecule has 3 aliphatic rings. The van der Waals surface area contributed by atoms with Crippen LogP contribution in [0.3, 0.4) is 0 Å². The molecule has 0 aromatic heterocycles. The van der Waals surface area contributed by atoms with Crippen molar-refractivity contribution in [2.24, 2.45) is 23.7 Å². The number of allylic oxidation sites excluding steroid dienone is 3. The van der Waals surface area contributed by atoms with Crippen LogP contribution in [0.4, 0.5) is 0 Å². The fourth-order valence-corrected chi connectivity index (χ4v) is 4.01. The quantitative estimate of drug-likeness (QED) is 0.446. The van der Waals surface area contributed by atoms with Crippen molar-refractivity contribution >= 4 is 5.97 Å². The van der Waals surface area contributed by atoms with Crippen molar-refractivity contribution in [2.75, 3.05) is 0 Å². The van der Waals surface area contributed by atoms with Crippen LogP contribution in [-0.2, 0) is 4.79 Å². The van der Waals surface area contributed by atoms with E-state index in [9.17, 15) is 4.79 Å². The van der Waals surface area contributed by atoms with Crippen LogP contribution in [0.25, 0.3) is 0 Å². The third kappa shape index (κ3) is 2.87. The number of rotatable bonds is 3. The van der Waals surface area contributed by atoms with E-state index in [1.54, 1.807) is 0 Å². The van der Waals surface area contributed by atoms with Crippen molar-refractivity contribution in [1.29, 1.82) is 0 Å². The predicted molar refractivity (Wildman–Crippen MR) is 93.3 cm³/mol. The van der Waals surface area contributed by atoms with Gasteiger partial charge in [-0.15, -0.1) is 0 Å². The highest BCUT2D eigenvalue weighted by atomic mass is 16.5. The fourth-order valence-electron chi connectivity index (χ4n) is 4.01. The van der Waals surface area contributed by atoms with Crippen molar-refractivity contribution in [2.45, 2.75) is 41.0 Å². The minimum absolute atomic E-state index is 0.175. The first-order chi connectivity index (χ1) is 10.9. The molecule has 0 fully saturated rings. The van der Waals surface area contributed by atoms with Gasteiger partial charge in [0.05, 0.1) is 0 Å². The van der Waals surface area contributed by atoms with E-state index in [0.29, 0.717) is 23.5 Å². The van der Waals surface area contributed by atoms with Crippen LogP contribution in [0.15, 0.2) is 41.5 Å². The summed E-state index contributed by atoms with van der Waals surface area (Å²) in [4.78, 5) is 12.8. The maximum absolute atomic E-state index is 12.8. The van der Waals surface area contributed by atoms with E-state index in [1.165, 1.54) is 5.57 Å². The topological polar surface area (TPSA) is 26.3 Å². The molecule has 0 N–H and O–H groups in total. The van der Waals surface area contributed by atoms with Gasteiger partial charge in [-0.05, 0) is 56.1 Å². The molecule has 2 heteroatoms. The molecule has 0 radical (unpaired) electrons. The first-order valence-electron chi connectivity index (χ1n) is 8.57. The highest BCUT2D eigenvalue weighted by Gasteiger charge is 2.40. The van der Waals surface area contributed by atoms with Crippen molar-refractivity contribution in [1.82, 2.24) is 0 Å². The molecule has 4 rings (SSSR count). The van der Waals surface area contributed by atoms with Crippen LogP contribution in [0, 0.1) is 37.5 Å². The lowest BCUT2D eigenvalue weighted by atomic mass is 9.63. The lowest BCUT2D eigenvalue weighted by Crippen LogP contribution is -2.36. The maximum atomic E-state index is 12.8. The van der Waals surface area contributed by atoms with Gasteiger partial charge in [0, 0.05) is 11.5 Å². The van der Waals surface area contributed by atoms with Crippen LogP contribution in [0.5, 0.6) is 5.75 Å². The Bertz CT molecular complexity index is 674. The van der Waals surface area contributed by atoms with Crippen LogP contribution in [0.2, 0.25) is 0 Å². The summed E-state index contributed by atoms with van der Waals surface area (Å²) in [5, 5.41) is 0. The second kappa shape index (κ2) is 5.99. The number of para-hydroxylation sites is 1. The Morgan fingerprint density at radius 2 is 1.78 bits per heavy atom. The normalized spacial score (nSPS) is 26.1. The predicted octanol–water partition coefficient (Wildman–Crippen LogP) is 5.00. The van der Waals surface area contributed by atoms with Gasteiger partial charge in [0.2, 0.25) is 0 Å². The van der Waals surface area contributed by atoms with E-state index in [0.717, 1.165) is 23.1 Å². The van der Waals surface area contributed by atoms with Crippen molar-refractivity contribution in [3.05, 3.63) is 52.6 Å². The lowest BCUT2D eigenvalue weighted by molar-refractivity contribution is -0.131. The molecule has 2 unspecified atom stereocenters. The number of carbonyl (C=O) groups excluding carboxylic acids is 1. The molecular formula is C21H26O2. The zero-order valence-electron chi connectivity index (χ0n) is 14.7. The lowest BCUT2D eigenvalue weighted by Gasteiger charge is -2.41. The third-order valence-electron chi connectivity index (χ3n) is 5.45. The SMILES string of the molecule is CC1=CC2C(C(=O)Oc3c(C)cccc3C)=CC1C[C@@H]2C(C)C. The van der Waals surface area contributed by atoms with Gasteiger partial charge in [-0.25, -0.2) is 4.79 Å². The Morgan fingerprint density at radius 1 is 1.13 bits per heavy atom. The average molecular weight is 310 g/mol. The molecular weight excluding hydrogens is 284 g/mol. The number of hydrogen-bond acceptors (Lipinski definition) is 2. The van der Waals surface area contributed by atoms with Crippen molar-refractivity contribution in [3.8, 4) is 5.75 Å². The minimum Gasteiger partial charge on any atom is -0.423 e. The Kier molecular flexibility index (Phi) is 4.18. The van der Waals surface area contributed by atoms with Gasteiger partial charge in [-0.2, -0.15) is 0 Å². The summed E-state index contributed by atoms with van der Waals surface area (Å²) in [5.41, 5.74) is 4.27.